The van der Waals surface area contributed by atoms with Gasteiger partial charge < -0.3 is 14.0 Å². The van der Waals surface area contributed by atoms with E-state index in [0.29, 0.717) is 36.3 Å². The van der Waals surface area contributed by atoms with Gasteiger partial charge in [-0.15, -0.1) is 10.2 Å². The third kappa shape index (κ3) is 3.53. The topological polar surface area (TPSA) is 95.3 Å². The third-order valence-electron chi connectivity index (χ3n) is 5.29. The number of hydrogen-bond donors (Lipinski definition) is 1. The van der Waals surface area contributed by atoms with E-state index in [9.17, 15) is 8.42 Å². The molecule has 150 valence electrons. The average Bonchev–Trinajstić information content (AvgIpc) is 3.21. The lowest BCUT2D eigenvalue weighted by atomic mass is 9.91. The molecule has 2 aliphatic heterocycles. The second kappa shape index (κ2) is 7.07. The molecule has 5 rings (SSSR count). The van der Waals surface area contributed by atoms with Gasteiger partial charge in [0.2, 0.25) is 0 Å². The second-order valence-electron chi connectivity index (χ2n) is 7.17. The fraction of sp³-hybridized carbons (Fsp3) is 0.300. The number of aromatic nitrogens is 3. The van der Waals surface area contributed by atoms with Gasteiger partial charge in [-0.2, -0.15) is 0 Å². The van der Waals surface area contributed by atoms with Crippen LogP contribution in [0.1, 0.15) is 23.7 Å². The summed E-state index contributed by atoms with van der Waals surface area (Å²) in [7, 11) is -3.72. The Balaban J connectivity index is 1.32. The first-order chi connectivity index (χ1) is 14.1. The quantitative estimate of drug-likeness (QED) is 0.708. The molecule has 0 amide bonds. The zero-order chi connectivity index (χ0) is 19.8. The lowest BCUT2D eigenvalue weighted by Gasteiger charge is -2.23. The molecule has 29 heavy (non-hydrogen) atoms. The van der Waals surface area contributed by atoms with E-state index < -0.39 is 10.0 Å². The van der Waals surface area contributed by atoms with Crippen molar-refractivity contribution in [3.8, 4) is 11.5 Å². The highest BCUT2D eigenvalue weighted by atomic mass is 32.2. The number of benzene rings is 2. The number of rotatable bonds is 4. The van der Waals surface area contributed by atoms with Crippen molar-refractivity contribution >= 4 is 15.7 Å². The number of nitrogens with zero attached hydrogens (tertiary/aromatic N) is 3. The molecule has 2 aromatic carbocycles. The van der Waals surface area contributed by atoms with Crippen LogP contribution in [0.3, 0.4) is 0 Å². The van der Waals surface area contributed by atoms with Crippen LogP contribution in [0.15, 0.2) is 53.7 Å². The Kier molecular flexibility index (Phi) is 4.39. The Morgan fingerprint density at radius 2 is 1.83 bits per heavy atom. The number of hydrogen-bond acceptors (Lipinski definition) is 6. The molecule has 9 heteroatoms. The zero-order valence-electron chi connectivity index (χ0n) is 15.6. The van der Waals surface area contributed by atoms with Gasteiger partial charge in [0.05, 0.1) is 4.90 Å². The lowest BCUT2D eigenvalue weighted by molar-refractivity contribution is 0.171. The van der Waals surface area contributed by atoms with Crippen LogP contribution in [0.25, 0.3) is 0 Å². The van der Waals surface area contributed by atoms with Crippen LogP contribution >= 0.6 is 0 Å². The molecule has 0 saturated heterocycles. The van der Waals surface area contributed by atoms with E-state index in [0.717, 1.165) is 25.2 Å². The maximum Gasteiger partial charge on any atom is 0.262 e. The minimum atomic E-state index is -3.72. The average molecular weight is 412 g/mol. The van der Waals surface area contributed by atoms with E-state index in [1.807, 2.05) is 12.1 Å². The normalized spacial score (nSPS) is 18.1. The molecule has 0 radical (unpaired) electrons. The Hall–Kier alpha value is -3.07. The van der Waals surface area contributed by atoms with Crippen LogP contribution in [0.2, 0.25) is 0 Å². The molecule has 8 nitrogen and oxygen atoms in total. The molecule has 1 aromatic heterocycles. The zero-order valence-corrected chi connectivity index (χ0v) is 16.4. The SMILES string of the molecule is O=S(=O)(Nc1ccc([C@H]2CCc3nncn3C2)cc1)c1ccc2c(c1)OCCO2. The fourth-order valence-corrected chi connectivity index (χ4v) is 4.83. The molecular weight excluding hydrogens is 392 g/mol. The Morgan fingerprint density at radius 1 is 1.03 bits per heavy atom. The van der Waals surface area contributed by atoms with E-state index in [4.69, 9.17) is 9.47 Å². The molecule has 0 spiro atoms. The second-order valence-corrected chi connectivity index (χ2v) is 8.85. The van der Waals surface area contributed by atoms with Gasteiger partial charge in [0, 0.05) is 30.6 Å². The Labute approximate surface area is 168 Å². The van der Waals surface area contributed by atoms with Gasteiger partial charge in [0.1, 0.15) is 25.4 Å². The van der Waals surface area contributed by atoms with Gasteiger partial charge in [0.25, 0.3) is 10.0 Å². The summed E-state index contributed by atoms with van der Waals surface area (Å²) in [5.74, 6) is 2.38. The van der Waals surface area contributed by atoms with Crippen LogP contribution in [0, 0.1) is 0 Å². The highest BCUT2D eigenvalue weighted by Gasteiger charge is 2.22. The third-order valence-corrected chi connectivity index (χ3v) is 6.67. The number of aryl methyl sites for hydroxylation is 1. The number of sulfonamides is 1. The van der Waals surface area contributed by atoms with Crippen LogP contribution in [-0.2, 0) is 23.0 Å². The predicted molar refractivity (Wildman–Crippen MR) is 106 cm³/mol. The van der Waals surface area contributed by atoms with E-state index in [1.165, 1.54) is 17.7 Å². The largest absolute Gasteiger partial charge is 0.486 e. The van der Waals surface area contributed by atoms with Crippen molar-refractivity contribution in [2.75, 3.05) is 17.9 Å². The molecule has 0 aliphatic carbocycles. The molecule has 3 aromatic rings. The van der Waals surface area contributed by atoms with Crippen LogP contribution in [0.4, 0.5) is 5.69 Å². The molecule has 1 N–H and O–H groups in total. The van der Waals surface area contributed by atoms with E-state index in [-0.39, 0.29) is 4.90 Å². The smallest absolute Gasteiger partial charge is 0.262 e. The first-order valence-corrected chi connectivity index (χ1v) is 11.0. The number of nitrogens with one attached hydrogen (secondary N) is 1. The molecule has 0 fully saturated rings. The first-order valence-electron chi connectivity index (χ1n) is 9.48. The minimum absolute atomic E-state index is 0.137. The summed E-state index contributed by atoms with van der Waals surface area (Å²) in [6.07, 6.45) is 3.65. The molecule has 0 unspecified atom stereocenters. The van der Waals surface area contributed by atoms with E-state index >= 15 is 0 Å². The van der Waals surface area contributed by atoms with Crippen molar-refractivity contribution in [1.82, 2.24) is 14.8 Å². The molecule has 3 heterocycles. The van der Waals surface area contributed by atoms with E-state index in [2.05, 4.69) is 19.5 Å². The summed E-state index contributed by atoms with van der Waals surface area (Å²) < 4.78 is 41.2. The van der Waals surface area contributed by atoms with Gasteiger partial charge in [-0.05, 0) is 36.2 Å². The Morgan fingerprint density at radius 3 is 2.66 bits per heavy atom. The van der Waals surface area contributed by atoms with Crippen LogP contribution in [0.5, 0.6) is 11.5 Å². The van der Waals surface area contributed by atoms with Gasteiger partial charge >= 0.3 is 0 Å². The lowest BCUT2D eigenvalue weighted by Crippen LogP contribution is -2.18. The summed E-state index contributed by atoms with van der Waals surface area (Å²) >= 11 is 0. The van der Waals surface area contributed by atoms with Crippen molar-refractivity contribution in [3.63, 3.8) is 0 Å². The van der Waals surface area contributed by atoms with Crippen molar-refractivity contribution in [1.29, 1.82) is 0 Å². The summed E-state index contributed by atoms with van der Waals surface area (Å²) in [6.45, 7) is 1.71. The van der Waals surface area contributed by atoms with Gasteiger partial charge in [-0.25, -0.2) is 8.42 Å². The summed E-state index contributed by atoms with van der Waals surface area (Å²) in [5, 5.41) is 8.08. The maximum absolute atomic E-state index is 12.8. The first kappa shape index (κ1) is 18.0. The van der Waals surface area contributed by atoms with E-state index in [1.54, 1.807) is 24.5 Å². The van der Waals surface area contributed by atoms with Crippen molar-refractivity contribution in [2.45, 2.75) is 30.2 Å². The Bertz CT molecular complexity index is 1140. The minimum Gasteiger partial charge on any atom is -0.486 e. The molecule has 0 bridgehead atoms. The molecule has 0 saturated carbocycles. The number of anilines is 1. The number of ether oxygens (including phenoxy) is 2. The molecule has 2 aliphatic rings. The monoisotopic (exact) mass is 412 g/mol. The maximum atomic E-state index is 12.8. The van der Waals surface area contributed by atoms with Crippen molar-refractivity contribution in [3.05, 3.63) is 60.2 Å². The van der Waals surface area contributed by atoms with Crippen molar-refractivity contribution < 1.29 is 17.9 Å². The summed E-state index contributed by atoms with van der Waals surface area (Å²) in [4.78, 5) is 0.137. The summed E-state index contributed by atoms with van der Waals surface area (Å²) in [5.41, 5.74) is 1.69. The molecule has 1 atom stereocenters. The van der Waals surface area contributed by atoms with Crippen molar-refractivity contribution in [2.24, 2.45) is 0 Å². The highest BCUT2D eigenvalue weighted by Crippen LogP contribution is 2.33. The van der Waals surface area contributed by atoms with Crippen LogP contribution < -0.4 is 14.2 Å². The summed E-state index contributed by atoms with van der Waals surface area (Å²) in [6, 6.07) is 12.2. The predicted octanol–water partition coefficient (Wildman–Crippen LogP) is 2.58. The van der Waals surface area contributed by atoms with Gasteiger partial charge in [0.15, 0.2) is 11.5 Å². The van der Waals surface area contributed by atoms with Gasteiger partial charge in [-0.3, -0.25) is 4.72 Å². The molecular formula is C20H20N4O4S. The van der Waals surface area contributed by atoms with Crippen LogP contribution in [-0.4, -0.2) is 36.4 Å². The van der Waals surface area contributed by atoms with Gasteiger partial charge in [-0.1, -0.05) is 12.1 Å². The highest BCUT2D eigenvalue weighted by molar-refractivity contribution is 7.92. The number of fused-ring (bicyclic) bond motifs is 2. The fourth-order valence-electron chi connectivity index (χ4n) is 3.76. The standard InChI is InChI=1S/C20H20N4O4S/c25-29(26,17-6-7-18-19(11-17)28-10-9-27-18)23-16-4-1-14(2-5-16)15-3-8-20-22-21-13-24(20)12-15/h1-2,4-7,11,13,15,23H,3,8-10,12H2/t15-/m0/s1.